The molecule has 0 spiro atoms. The van der Waals surface area contributed by atoms with Gasteiger partial charge in [-0.3, -0.25) is 4.79 Å². The first-order valence-electron chi connectivity index (χ1n) is 6.12. The lowest BCUT2D eigenvalue weighted by Gasteiger charge is -2.17. The zero-order chi connectivity index (χ0) is 13.4. The Morgan fingerprint density at radius 1 is 1.44 bits per heavy atom. The van der Waals surface area contributed by atoms with Crippen LogP contribution in [0.25, 0.3) is 0 Å². The van der Waals surface area contributed by atoms with Crippen LogP contribution in [-0.2, 0) is 16.1 Å². The maximum atomic E-state index is 11.8. The second kappa shape index (κ2) is 7.84. The third kappa shape index (κ3) is 5.29. The molecule has 18 heavy (non-hydrogen) atoms. The van der Waals surface area contributed by atoms with Crippen molar-refractivity contribution in [3.63, 3.8) is 0 Å². The third-order valence-electron chi connectivity index (χ3n) is 2.69. The first-order chi connectivity index (χ1) is 8.63. The number of benzene rings is 1. The Bertz CT molecular complexity index is 380. The second-order valence-electron chi connectivity index (χ2n) is 4.41. The van der Waals surface area contributed by atoms with E-state index >= 15 is 0 Å². The van der Waals surface area contributed by atoms with Crippen molar-refractivity contribution in [3.8, 4) is 0 Å². The molecule has 0 unspecified atom stereocenters. The summed E-state index contributed by atoms with van der Waals surface area (Å²) in [6.07, 6.45) is 0. The van der Waals surface area contributed by atoms with Gasteiger partial charge < -0.3 is 15.0 Å². The molecule has 4 nitrogen and oxygen atoms in total. The van der Waals surface area contributed by atoms with Crippen molar-refractivity contribution >= 4 is 5.91 Å². The van der Waals surface area contributed by atoms with E-state index in [1.54, 1.807) is 12.0 Å². The molecule has 0 bridgehead atoms. The summed E-state index contributed by atoms with van der Waals surface area (Å²) in [4.78, 5) is 13.5. The van der Waals surface area contributed by atoms with Crippen LogP contribution in [0.4, 0.5) is 0 Å². The van der Waals surface area contributed by atoms with Gasteiger partial charge in [-0.1, -0.05) is 29.8 Å². The van der Waals surface area contributed by atoms with Crippen LogP contribution >= 0.6 is 0 Å². The Morgan fingerprint density at radius 2 is 2.22 bits per heavy atom. The number of ether oxygens (including phenoxy) is 1. The lowest BCUT2D eigenvalue weighted by molar-refractivity contribution is -0.129. The van der Waals surface area contributed by atoms with Crippen LogP contribution in [0, 0.1) is 6.92 Å². The van der Waals surface area contributed by atoms with Crippen molar-refractivity contribution < 1.29 is 9.53 Å². The molecule has 0 aromatic heterocycles. The minimum atomic E-state index is 0.0904. The number of hydrogen-bond acceptors (Lipinski definition) is 3. The van der Waals surface area contributed by atoms with Gasteiger partial charge in [-0.2, -0.15) is 0 Å². The zero-order valence-corrected chi connectivity index (χ0v) is 11.4. The molecule has 1 N–H and O–H groups in total. The molecule has 0 aliphatic rings. The summed E-state index contributed by atoms with van der Waals surface area (Å²) in [7, 11) is 3.47. The molecule has 0 heterocycles. The molecule has 0 aliphatic heterocycles. The number of methoxy groups -OCH3 is 1. The third-order valence-corrected chi connectivity index (χ3v) is 2.69. The average Bonchev–Trinajstić information content (AvgIpc) is 2.34. The van der Waals surface area contributed by atoms with E-state index in [-0.39, 0.29) is 5.91 Å². The molecule has 1 rings (SSSR count). The van der Waals surface area contributed by atoms with E-state index in [9.17, 15) is 4.79 Å². The predicted molar refractivity (Wildman–Crippen MR) is 72.4 cm³/mol. The van der Waals surface area contributed by atoms with Crippen molar-refractivity contribution in [2.75, 3.05) is 33.9 Å². The molecule has 0 atom stereocenters. The van der Waals surface area contributed by atoms with E-state index in [0.29, 0.717) is 26.2 Å². The van der Waals surface area contributed by atoms with Crippen LogP contribution in [0.2, 0.25) is 0 Å². The van der Waals surface area contributed by atoms with E-state index < -0.39 is 0 Å². The number of likely N-dealkylation sites (N-methyl/N-ethyl adjacent to an activating group) is 1. The number of carbonyl (C=O) groups excluding carboxylic acids is 1. The molecule has 0 saturated heterocycles. The molecule has 4 heteroatoms. The first-order valence-corrected chi connectivity index (χ1v) is 6.12. The molecule has 100 valence electrons. The Morgan fingerprint density at radius 3 is 2.89 bits per heavy atom. The highest BCUT2D eigenvalue weighted by atomic mass is 16.5. The Labute approximate surface area is 109 Å². The van der Waals surface area contributed by atoms with Crippen molar-refractivity contribution in [2.45, 2.75) is 13.5 Å². The van der Waals surface area contributed by atoms with Crippen molar-refractivity contribution in [3.05, 3.63) is 35.4 Å². The second-order valence-corrected chi connectivity index (χ2v) is 4.41. The Balaban J connectivity index is 2.35. The first kappa shape index (κ1) is 14.7. The molecule has 1 amide bonds. The van der Waals surface area contributed by atoms with Crippen LogP contribution in [0.5, 0.6) is 0 Å². The van der Waals surface area contributed by atoms with Crippen LogP contribution in [0.1, 0.15) is 11.1 Å². The van der Waals surface area contributed by atoms with Gasteiger partial charge >= 0.3 is 0 Å². The minimum Gasteiger partial charge on any atom is -0.383 e. The maximum absolute atomic E-state index is 11.8. The van der Waals surface area contributed by atoms with E-state index in [4.69, 9.17) is 4.74 Å². The average molecular weight is 250 g/mol. The number of carbonyl (C=O) groups is 1. The molecule has 1 aromatic rings. The Kier molecular flexibility index (Phi) is 6.39. The lowest BCUT2D eigenvalue weighted by Crippen LogP contribution is -2.36. The summed E-state index contributed by atoms with van der Waals surface area (Å²) in [5.74, 6) is 0.0904. The highest BCUT2D eigenvalue weighted by Crippen LogP contribution is 2.06. The van der Waals surface area contributed by atoms with Crippen LogP contribution in [0.15, 0.2) is 24.3 Å². The number of amides is 1. The quantitative estimate of drug-likeness (QED) is 0.739. The standard InChI is InChI=1S/C14H22N2O2/c1-12-5-4-6-13(9-12)11-16(2)14(17)10-15-7-8-18-3/h4-6,9,15H,7-8,10-11H2,1-3H3. The van der Waals surface area contributed by atoms with Crippen LogP contribution in [0.3, 0.4) is 0 Å². The fraction of sp³-hybridized carbons (Fsp3) is 0.500. The van der Waals surface area contributed by atoms with Gasteiger partial charge in [-0.05, 0) is 12.5 Å². The molecular formula is C14H22N2O2. The van der Waals surface area contributed by atoms with Gasteiger partial charge in [0.25, 0.3) is 0 Å². The zero-order valence-electron chi connectivity index (χ0n) is 11.4. The number of hydrogen-bond donors (Lipinski definition) is 1. The lowest BCUT2D eigenvalue weighted by atomic mass is 10.1. The van der Waals surface area contributed by atoms with Gasteiger partial charge in [-0.15, -0.1) is 0 Å². The van der Waals surface area contributed by atoms with E-state index in [1.165, 1.54) is 5.56 Å². The van der Waals surface area contributed by atoms with Gasteiger partial charge in [0.05, 0.1) is 13.2 Å². The van der Waals surface area contributed by atoms with Crippen molar-refractivity contribution in [1.29, 1.82) is 0 Å². The topological polar surface area (TPSA) is 41.6 Å². The normalized spacial score (nSPS) is 10.4. The van der Waals surface area contributed by atoms with Crippen molar-refractivity contribution in [2.24, 2.45) is 0 Å². The van der Waals surface area contributed by atoms with Gasteiger partial charge in [0.1, 0.15) is 0 Å². The van der Waals surface area contributed by atoms with E-state index in [2.05, 4.69) is 24.4 Å². The molecule has 0 radical (unpaired) electrons. The van der Waals surface area contributed by atoms with Crippen LogP contribution in [-0.4, -0.2) is 44.7 Å². The maximum Gasteiger partial charge on any atom is 0.236 e. The van der Waals surface area contributed by atoms with Gasteiger partial charge in [0.15, 0.2) is 0 Å². The molecular weight excluding hydrogens is 228 g/mol. The highest BCUT2D eigenvalue weighted by Gasteiger charge is 2.08. The van der Waals surface area contributed by atoms with Crippen LogP contribution < -0.4 is 5.32 Å². The van der Waals surface area contributed by atoms with E-state index in [1.807, 2.05) is 19.2 Å². The number of nitrogens with one attached hydrogen (secondary N) is 1. The fourth-order valence-corrected chi connectivity index (χ4v) is 1.68. The summed E-state index contributed by atoms with van der Waals surface area (Å²) >= 11 is 0. The highest BCUT2D eigenvalue weighted by molar-refractivity contribution is 5.77. The number of rotatable bonds is 7. The fourth-order valence-electron chi connectivity index (χ4n) is 1.68. The van der Waals surface area contributed by atoms with Gasteiger partial charge in [0.2, 0.25) is 5.91 Å². The summed E-state index contributed by atoms with van der Waals surface area (Å²) in [5, 5.41) is 3.05. The summed E-state index contributed by atoms with van der Waals surface area (Å²) in [6.45, 7) is 4.37. The predicted octanol–water partition coefficient (Wildman–Crippen LogP) is 1.19. The molecule has 0 aliphatic carbocycles. The summed E-state index contributed by atoms with van der Waals surface area (Å²) in [5.41, 5.74) is 2.37. The number of nitrogens with zero attached hydrogens (tertiary/aromatic N) is 1. The van der Waals surface area contributed by atoms with Crippen molar-refractivity contribution in [1.82, 2.24) is 10.2 Å². The molecule has 0 saturated carbocycles. The Hall–Kier alpha value is -1.39. The smallest absolute Gasteiger partial charge is 0.236 e. The minimum absolute atomic E-state index is 0.0904. The van der Waals surface area contributed by atoms with Gasteiger partial charge in [0, 0.05) is 27.2 Å². The van der Waals surface area contributed by atoms with E-state index in [0.717, 1.165) is 5.56 Å². The number of aryl methyl sites for hydroxylation is 1. The monoisotopic (exact) mass is 250 g/mol. The SMILES string of the molecule is COCCNCC(=O)N(C)Cc1cccc(C)c1. The molecule has 0 fully saturated rings. The summed E-state index contributed by atoms with van der Waals surface area (Å²) in [6, 6.07) is 8.20. The molecule has 1 aromatic carbocycles. The largest absolute Gasteiger partial charge is 0.383 e. The van der Waals surface area contributed by atoms with Gasteiger partial charge in [-0.25, -0.2) is 0 Å². The summed E-state index contributed by atoms with van der Waals surface area (Å²) < 4.78 is 4.91.